The Balaban J connectivity index is 1.75. The summed E-state index contributed by atoms with van der Waals surface area (Å²) in [4.78, 5) is 34.7. The molecule has 0 unspecified atom stereocenters. The van der Waals surface area contributed by atoms with E-state index in [0.717, 1.165) is 0 Å². The first-order valence-corrected chi connectivity index (χ1v) is 8.62. The van der Waals surface area contributed by atoms with Gasteiger partial charge in [0.05, 0.1) is 22.5 Å². The molecule has 0 aliphatic heterocycles. The number of rotatable bonds is 6. The maximum Gasteiger partial charge on any atom is 0.275 e. The first kappa shape index (κ1) is 19.5. The van der Waals surface area contributed by atoms with Crippen molar-refractivity contribution in [2.75, 3.05) is 0 Å². The lowest BCUT2D eigenvalue weighted by Gasteiger charge is -2.09. The van der Waals surface area contributed by atoms with E-state index in [1.807, 2.05) is 0 Å². The smallest absolute Gasteiger partial charge is 0.275 e. The Kier molecular flexibility index (Phi) is 5.80. The molecular formula is C21H16N4O4. The van der Waals surface area contributed by atoms with E-state index >= 15 is 0 Å². The van der Waals surface area contributed by atoms with Gasteiger partial charge in [-0.25, -0.2) is 4.68 Å². The minimum atomic E-state index is -0.489. The second-order valence-corrected chi connectivity index (χ2v) is 6.06. The van der Waals surface area contributed by atoms with Crippen LogP contribution in [0.2, 0.25) is 0 Å². The summed E-state index contributed by atoms with van der Waals surface area (Å²) in [5.74, 6) is 2.02. The van der Waals surface area contributed by atoms with Gasteiger partial charge < -0.3 is 5.32 Å². The van der Waals surface area contributed by atoms with E-state index in [-0.39, 0.29) is 30.2 Å². The molecule has 0 fully saturated rings. The van der Waals surface area contributed by atoms with Crippen LogP contribution < -0.4 is 10.9 Å². The molecule has 3 rings (SSSR count). The van der Waals surface area contributed by atoms with E-state index < -0.39 is 4.92 Å². The Morgan fingerprint density at radius 3 is 2.55 bits per heavy atom. The molecule has 0 spiro atoms. The molecule has 144 valence electrons. The molecule has 0 saturated heterocycles. The van der Waals surface area contributed by atoms with Crippen LogP contribution in [0.15, 0.2) is 59.4 Å². The highest BCUT2D eigenvalue weighted by Crippen LogP contribution is 2.14. The standard InChI is InChI=1S/C21H16N4O4/c1-2-13-24-21(27)18-6-4-3-5-17(18)19(23-24)14-22-20(26)12-9-15-7-10-16(11-8-15)25(28)29/h1,3-12H,13-14H2,(H,22,26)/b12-9+. The third-order valence-corrected chi connectivity index (χ3v) is 4.15. The lowest BCUT2D eigenvalue weighted by atomic mass is 10.1. The van der Waals surface area contributed by atoms with Crippen molar-refractivity contribution in [3.63, 3.8) is 0 Å². The minimum absolute atomic E-state index is 0.0216. The third kappa shape index (κ3) is 4.54. The van der Waals surface area contributed by atoms with Crippen molar-refractivity contribution in [3.05, 3.63) is 86.3 Å². The van der Waals surface area contributed by atoms with Crippen molar-refractivity contribution in [1.29, 1.82) is 0 Å². The number of amides is 1. The Bertz CT molecular complexity index is 1200. The molecule has 1 N–H and O–H groups in total. The SMILES string of the molecule is C#CCn1nc(CNC(=O)/C=C/c2ccc([N+](=O)[O-])cc2)c2ccccc2c1=O. The van der Waals surface area contributed by atoms with Gasteiger partial charge in [0.1, 0.15) is 6.54 Å². The number of nitrogens with zero attached hydrogens (tertiary/aromatic N) is 3. The highest BCUT2D eigenvalue weighted by Gasteiger charge is 2.10. The Morgan fingerprint density at radius 1 is 1.21 bits per heavy atom. The van der Waals surface area contributed by atoms with Gasteiger partial charge >= 0.3 is 0 Å². The summed E-state index contributed by atoms with van der Waals surface area (Å²) >= 11 is 0. The maximum absolute atomic E-state index is 12.4. The van der Waals surface area contributed by atoms with Crippen LogP contribution in [0, 0.1) is 22.5 Å². The van der Waals surface area contributed by atoms with E-state index in [1.54, 1.807) is 42.5 Å². The Labute approximate surface area is 165 Å². The van der Waals surface area contributed by atoms with E-state index in [1.165, 1.54) is 22.9 Å². The normalized spacial score (nSPS) is 10.7. The van der Waals surface area contributed by atoms with Crippen LogP contribution in [-0.2, 0) is 17.9 Å². The summed E-state index contributed by atoms with van der Waals surface area (Å²) in [6, 6.07) is 12.8. The van der Waals surface area contributed by atoms with Gasteiger partial charge in [-0.3, -0.25) is 19.7 Å². The van der Waals surface area contributed by atoms with E-state index in [9.17, 15) is 19.7 Å². The zero-order valence-corrected chi connectivity index (χ0v) is 15.2. The first-order chi connectivity index (χ1) is 14.0. The summed E-state index contributed by atoms with van der Waals surface area (Å²) in [5.41, 5.74) is 0.864. The summed E-state index contributed by atoms with van der Waals surface area (Å²) in [6.07, 6.45) is 8.17. The summed E-state index contributed by atoms with van der Waals surface area (Å²) in [6.45, 7) is 0.138. The molecule has 0 saturated carbocycles. The fourth-order valence-electron chi connectivity index (χ4n) is 2.74. The van der Waals surface area contributed by atoms with E-state index in [0.29, 0.717) is 22.0 Å². The molecular weight excluding hydrogens is 372 g/mol. The Hall–Kier alpha value is -4.25. The van der Waals surface area contributed by atoms with Crippen LogP contribution in [0.1, 0.15) is 11.3 Å². The topological polar surface area (TPSA) is 107 Å². The second kappa shape index (κ2) is 8.63. The molecule has 0 bridgehead atoms. The fraction of sp³-hybridized carbons (Fsp3) is 0.0952. The number of terminal acetylenes is 1. The van der Waals surface area contributed by atoms with Crippen LogP contribution in [0.5, 0.6) is 0 Å². The molecule has 2 aromatic carbocycles. The van der Waals surface area contributed by atoms with Gasteiger partial charge in [-0.2, -0.15) is 5.10 Å². The Morgan fingerprint density at radius 2 is 1.90 bits per heavy atom. The number of hydrogen-bond acceptors (Lipinski definition) is 5. The average Bonchev–Trinajstić information content (AvgIpc) is 2.73. The zero-order chi connectivity index (χ0) is 20.8. The average molecular weight is 388 g/mol. The van der Waals surface area contributed by atoms with Crippen LogP contribution in [0.3, 0.4) is 0 Å². The van der Waals surface area contributed by atoms with Gasteiger partial charge in [-0.1, -0.05) is 24.1 Å². The lowest BCUT2D eigenvalue weighted by molar-refractivity contribution is -0.384. The van der Waals surface area contributed by atoms with Crippen LogP contribution in [0.4, 0.5) is 5.69 Å². The minimum Gasteiger partial charge on any atom is -0.347 e. The van der Waals surface area contributed by atoms with Gasteiger partial charge in [-0.05, 0) is 29.8 Å². The molecule has 1 aromatic heterocycles. The summed E-state index contributed by atoms with van der Waals surface area (Å²) in [5, 5.41) is 18.8. The second-order valence-electron chi connectivity index (χ2n) is 6.06. The van der Waals surface area contributed by atoms with Crippen molar-refractivity contribution in [2.24, 2.45) is 0 Å². The number of carbonyl (C=O) groups is 1. The largest absolute Gasteiger partial charge is 0.347 e. The molecule has 3 aromatic rings. The molecule has 29 heavy (non-hydrogen) atoms. The fourth-order valence-corrected chi connectivity index (χ4v) is 2.74. The molecule has 8 nitrogen and oxygen atoms in total. The quantitative estimate of drug-likeness (QED) is 0.302. The van der Waals surface area contributed by atoms with Crippen molar-refractivity contribution >= 4 is 28.4 Å². The predicted octanol–water partition coefficient (Wildman–Crippen LogP) is 2.27. The van der Waals surface area contributed by atoms with Crippen molar-refractivity contribution in [2.45, 2.75) is 13.1 Å². The van der Waals surface area contributed by atoms with Gasteiger partial charge in [0.25, 0.3) is 11.2 Å². The predicted molar refractivity (Wildman–Crippen MR) is 109 cm³/mol. The molecule has 8 heteroatoms. The highest BCUT2D eigenvalue weighted by molar-refractivity contribution is 5.92. The highest BCUT2D eigenvalue weighted by atomic mass is 16.6. The molecule has 1 amide bonds. The number of nitro benzene ring substituents is 1. The maximum atomic E-state index is 12.4. The molecule has 0 atom stereocenters. The molecule has 1 heterocycles. The molecule has 0 aliphatic rings. The van der Waals surface area contributed by atoms with Gasteiger partial charge in [0.2, 0.25) is 5.91 Å². The number of fused-ring (bicyclic) bond motifs is 1. The monoisotopic (exact) mass is 388 g/mol. The molecule has 0 aliphatic carbocycles. The number of benzene rings is 2. The van der Waals surface area contributed by atoms with Crippen molar-refractivity contribution in [1.82, 2.24) is 15.1 Å². The number of nitro groups is 1. The van der Waals surface area contributed by atoms with Gasteiger partial charge in [0, 0.05) is 23.6 Å². The van der Waals surface area contributed by atoms with Crippen LogP contribution in [0.25, 0.3) is 16.8 Å². The number of nitrogens with one attached hydrogen (secondary N) is 1. The van der Waals surface area contributed by atoms with Crippen molar-refractivity contribution in [3.8, 4) is 12.3 Å². The van der Waals surface area contributed by atoms with Crippen LogP contribution in [-0.4, -0.2) is 20.6 Å². The lowest BCUT2D eigenvalue weighted by Crippen LogP contribution is -2.27. The first-order valence-electron chi connectivity index (χ1n) is 8.62. The summed E-state index contributed by atoms with van der Waals surface area (Å²) in [7, 11) is 0. The number of hydrogen-bond donors (Lipinski definition) is 1. The van der Waals surface area contributed by atoms with Crippen LogP contribution >= 0.6 is 0 Å². The number of carbonyl (C=O) groups excluding carboxylic acids is 1. The summed E-state index contributed by atoms with van der Waals surface area (Å²) < 4.78 is 1.19. The van der Waals surface area contributed by atoms with E-state index in [4.69, 9.17) is 6.42 Å². The van der Waals surface area contributed by atoms with E-state index in [2.05, 4.69) is 16.3 Å². The molecule has 0 radical (unpaired) electrons. The number of aromatic nitrogens is 2. The van der Waals surface area contributed by atoms with Crippen molar-refractivity contribution < 1.29 is 9.72 Å². The van der Waals surface area contributed by atoms with Gasteiger partial charge in [-0.15, -0.1) is 6.42 Å². The number of non-ortho nitro benzene ring substituents is 1. The third-order valence-electron chi connectivity index (χ3n) is 4.15. The van der Waals surface area contributed by atoms with Gasteiger partial charge in [0.15, 0.2) is 0 Å². The zero-order valence-electron chi connectivity index (χ0n) is 15.2.